The van der Waals surface area contributed by atoms with E-state index in [4.69, 9.17) is 5.73 Å². The molecule has 0 aliphatic heterocycles. The molecule has 0 saturated heterocycles. The molecule has 7 heteroatoms. The number of carbonyl (C=O) groups excluding carboxylic acids is 1. The number of fused-ring (bicyclic) bond motifs is 2. The Morgan fingerprint density at radius 1 is 1.14 bits per heavy atom. The Labute approximate surface area is 175 Å². The van der Waals surface area contributed by atoms with E-state index in [1.54, 1.807) is 30.5 Å². The van der Waals surface area contributed by atoms with Crippen molar-refractivity contribution in [2.45, 2.75) is 44.7 Å². The lowest BCUT2D eigenvalue weighted by Crippen LogP contribution is -2.48. The number of nitrogens with two attached hydrogens (primary N) is 1. The molecule has 2 aromatic rings. The number of nitrogens with one attached hydrogen (secondary N) is 1. The van der Waals surface area contributed by atoms with Gasteiger partial charge in [0, 0.05) is 18.2 Å². The van der Waals surface area contributed by atoms with Crippen molar-refractivity contribution in [3.05, 3.63) is 64.3 Å². The van der Waals surface area contributed by atoms with Gasteiger partial charge in [0.2, 0.25) is 5.91 Å². The van der Waals surface area contributed by atoms with Crippen LogP contribution in [-0.4, -0.2) is 16.5 Å². The zero-order valence-corrected chi connectivity index (χ0v) is 17.0. The predicted octanol–water partition coefficient (Wildman–Crippen LogP) is 3.55. The molecule has 1 aromatic heterocycles. The zero-order valence-electron chi connectivity index (χ0n) is 16.2. The monoisotopic (exact) mass is 419 g/mol. The van der Waals surface area contributed by atoms with Gasteiger partial charge in [0.25, 0.3) is 5.56 Å². The highest BCUT2D eigenvalue weighted by Gasteiger charge is 2.40. The third-order valence-corrected chi connectivity index (χ3v) is 6.33. The minimum Gasteiger partial charge on any atom is -0.327 e. The second-order valence-corrected chi connectivity index (χ2v) is 8.17. The number of carbonyl (C=O) groups is 1. The first-order valence-corrected chi connectivity index (χ1v) is 10.0. The van der Waals surface area contributed by atoms with Gasteiger partial charge in [0.1, 0.15) is 11.5 Å². The van der Waals surface area contributed by atoms with Crippen molar-refractivity contribution < 1.29 is 9.18 Å². The van der Waals surface area contributed by atoms with Crippen molar-refractivity contribution in [3.8, 4) is 0 Å². The minimum absolute atomic E-state index is 0. The van der Waals surface area contributed by atoms with Crippen molar-refractivity contribution >= 4 is 24.0 Å². The maximum Gasteiger partial charge on any atom is 0.274 e. The molecule has 1 amide bonds. The summed E-state index contributed by atoms with van der Waals surface area (Å²) in [6.07, 6.45) is 6.67. The molecule has 0 spiro atoms. The lowest BCUT2D eigenvalue weighted by Gasteiger charge is -2.43. The average molecular weight is 420 g/mol. The molecule has 2 unspecified atom stereocenters. The summed E-state index contributed by atoms with van der Waals surface area (Å²) >= 11 is 0. The Balaban J connectivity index is 0.00000240. The van der Waals surface area contributed by atoms with E-state index in [-0.39, 0.29) is 47.3 Å². The van der Waals surface area contributed by atoms with Crippen LogP contribution in [0.15, 0.2) is 47.4 Å². The topological polar surface area (TPSA) is 77.1 Å². The van der Waals surface area contributed by atoms with E-state index < -0.39 is 0 Å². The van der Waals surface area contributed by atoms with Crippen LogP contribution in [0.25, 0.3) is 0 Å². The van der Waals surface area contributed by atoms with Crippen LogP contribution in [-0.2, 0) is 11.3 Å². The molecule has 2 fully saturated rings. The first kappa shape index (κ1) is 21.5. The summed E-state index contributed by atoms with van der Waals surface area (Å²) in [5.74, 6) is 0.345. The molecular formula is C22H27ClFN3O2. The van der Waals surface area contributed by atoms with E-state index in [1.165, 1.54) is 23.1 Å². The molecular weight excluding hydrogens is 393 g/mol. The van der Waals surface area contributed by atoms with Crippen LogP contribution in [0.5, 0.6) is 0 Å². The fraction of sp³-hybridized carbons (Fsp3) is 0.455. The van der Waals surface area contributed by atoms with Crippen molar-refractivity contribution in [2.24, 2.45) is 23.5 Å². The molecule has 5 nitrogen and oxygen atoms in total. The van der Waals surface area contributed by atoms with Crippen molar-refractivity contribution in [2.75, 3.05) is 5.32 Å². The molecule has 0 radical (unpaired) electrons. The SMILES string of the molecule is Cl.NC1C2CCCC1CC(C(=O)Nc1cccn(Cc3ccc(F)cc3)c1=O)C2. The van der Waals surface area contributed by atoms with Crippen molar-refractivity contribution in [1.29, 1.82) is 0 Å². The number of halogens is 2. The molecule has 2 bridgehead atoms. The lowest BCUT2D eigenvalue weighted by atomic mass is 9.65. The van der Waals surface area contributed by atoms with E-state index in [0.717, 1.165) is 31.2 Å². The number of pyridine rings is 1. The highest BCUT2D eigenvalue weighted by Crippen LogP contribution is 2.42. The summed E-state index contributed by atoms with van der Waals surface area (Å²) in [6, 6.07) is 9.63. The van der Waals surface area contributed by atoms with Crippen LogP contribution in [0.3, 0.4) is 0 Å². The third kappa shape index (κ3) is 4.70. The van der Waals surface area contributed by atoms with Crippen LogP contribution in [0.1, 0.15) is 37.7 Å². The van der Waals surface area contributed by atoms with E-state index in [0.29, 0.717) is 18.4 Å². The average Bonchev–Trinajstić information content (AvgIpc) is 2.66. The first-order chi connectivity index (χ1) is 13.5. The third-order valence-electron chi connectivity index (χ3n) is 6.33. The van der Waals surface area contributed by atoms with Gasteiger partial charge < -0.3 is 15.6 Å². The number of rotatable bonds is 4. The number of nitrogens with zero attached hydrogens (tertiary/aromatic N) is 1. The number of benzene rings is 1. The summed E-state index contributed by atoms with van der Waals surface area (Å²) in [4.78, 5) is 25.6. The lowest BCUT2D eigenvalue weighted by molar-refractivity contribution is -0.122. The summed E-state index contributed by atoms with van der Waals surface area (Å²) in [5.41, 5.74) is 7.17. The van der Waals surface area contributed by atoms with Gasteiger partial charge in [-0.15, -0.1) is 12.4 Å². The van der Waals surface area contributed by atoms with Crippen LogP contribution in [0.4, 0.5) is 10.1 Å². The van der Waals surface area contributed by atoms with Gasteiger partial charge in [0.05, 0.1) is 6.54 Å². The van der Waals surface area contributed by atoms with Gasteiger partial charge in [0.15, 0.2) is 0 Å². The van der Waals surface area contributed by atoms with Crippen LogP contribution < -0.4 is 16.6 Å². The van der Waals surface area contributed by atoms with Gasteiger partial charge in [-0.2, -0.15) is 0 Å². The summed E-state index contributed by atoms with van der Waals surface area (Å²) < 4.78 is 14.6. The molecule has 2 saturated carbocycles. The molecule has 29 heavy (non-hydrogen) atoms. The number of hydrogen-bond donors (Lipinski definition) is 2. The molecule has 1 heterocycles. The fourth-order valence-electron chi connectivity index (χ4n) is 4.78. The van der Waals surface area contributed by atoms with Crippen LogP contribution in [0.2, 0.25) is 0 Å². The van der Waals surface area contributed by atoms with Gasteiger partial charge in [-0.05, 0) is 67.3 Å². The van der Waals surface area contributed by atoms with Gasteiger partial charge in [-0.1, -0.05) is 18.6 Å². The van der Waals surface area contributed by atoms with Gasteiger partial charge in [-0.25, -0.2) is 4.39 Å². The van der Waals surface area contributed by atoms with E-state index in [2.05, 4.69) is 5.32 Å². The molecule has 2 atom stereocenters. The number of aromatic nitrogens is 1. The second kappa shape index (κ2) is 9.09. The molecule has 2 aliphatic rings. The quantitative estimate of drug-likeness (QED) is 0.795. The van der Waals surface area contributed by atoms with Crippen LogP contribution in [0, 0.1) is 23.6 Å². The zero-order chi connectivity index (χ0) is 19.7. The Bertz CT molecular complexity index is 901. The summed E-state index contributed by atoms with van der Waals surface area (Å²) in [7, 11) is 0. The number of anilines is 1. The maximum atomic E-state index is 13.1. The standard InChI is InChI=1S/C22H26FN3O2.ClH/c23-18-8-6-14(7-9-18)13-26-10-2-5-19(22(26)28)25-21(27)17-11-15-3-1-4-16(12-17)20(15)24;/h2,5-10,15-17,20H,1,3-4,11-13,24H2,(H,25,27);1H. The molecule has 3 N–H and O–H groups in total. The summed E-state index contributed by atoms with van der Waals surface area (Å²) in [6.45, 7) is 0.325. The predicted molar refractivity (Wildman–Crippen MR) is 114 cm³/mol. The van der Waals surface area contributed by atoms with Gasteiger partial charge >= 0.3 is 0 Å². The van der Waals surface area contributed by atoms with Crippen LogP contribution >= 0.6 is 12.4 Å². The first-order valence-electron chi connectivity index (χ1n) is 10.0. The second-order valence-electron chi connectivity index (χ2n) is 8.17. The Morgan fingerprint density at radius 2 is 1.79 bits per heavy atom. The molecule has 1 aromatic carbocycles. The largest absolute Gasteiger partial charge is 0.327 e. The fourth-order valence-corrected chi connectivity index (χ4v) is 4.78. The van der Waals surface area contributed by atoms with Crippen molar-refractivity contribution in [1.82, 2.24) is 4.57 Å². The molecule has 2 aliphatic carbocycles. The molecule has 156 valence electrons. The molecule has 4 rings (SSSR count). The Kier molecular flexibility index (Phi) is 6.75. The Hall–Kier alpha value is -2.18. The smallest absolute Gasteiger partial charge is 0.274 e. The van der Waals surface area contributed by atoms with Gasteiger partial charge in [-0.3, -0.25) is 9.59 Å². The Morgan fingerprint density at radius 3 is 2.45 bits per heavy atom. The highest BCUT2D eigenvalue weighted by molar-refractivity contribution is 5.92. The minimum atomic E-state index is -0.311. The van der Waals surface area contributed by atoms with E-state index in [9.17, 15) is 14.0 Å². The highest BCUT2D eigenvalue weighted by atomic mass is 35.5. The number of amides is 1. The normalized spacial score (nSPS) is 25.7. The summed E-state index contributed by atoms with van der Waals surface area (Å²) in [5, 5.41) is 2.85. The van der Waals surface area contributed by atoms with E-state index in [1.807, 2.05) is 0 Å². The maximum absolute atomic E-state index is 13.1. The number of hydrogen-bond acceptors (Lipinski definition) is 3. The van der Waals surface area contributed by atoms with E-state index >= 15 is 0 Å². The van der Waals surface area contributed by atoms with Crippen molar-refractivity contribution in [3.63, 3.8) is 0 Å².